The van der Waals surface area contributed by atoms with Crippen LogP contribution in [0.25, 0.3) is 0 Å². The number of benzene rings is 2. The highest BCUT2D eigenvalue weighted by molar-refractivity contribution is 5.91. The molecule has 0 unspecified atom stereocenters. The number of anilines is 1. The van der Waals surface area contributed by atoms with Gasteiger partial charge in [-0.05, 0) is 29.8 Å². The molecule has 2 heterocycles. The maximum Gasteiger partial charge on any atom is 0.289 e. The second-order valence-electron chi connectivity index (χ2n) is 7.22. The van der Waals surface area contributed by atoms with Crippen molar-refractivity contribution in [3.05, 3.63) is 88.5 Å². The Labute approximate surface area is 180 Å². The number of rotatable bonds is 6. The fourth-order valence-corrected chi connectivity index (χ4v) is 3.47. The van der Waals surface area contributed by atoms with Gasteiger partial charge in [0.25, 0.3) is 5.91 Å². The van der Waals surface area contributed by atoms with Gasteiger partial charge in [-0.1, -0.05) is 30.3 Å². The van der Waals surface area contributed by atoms with Gasteiger partial charge in [0, 0.05) is 37.9 Å². The third-order valence-electron chi connectivity index (χ3n) is 5.25. The van der Waals surface area contributed by atoms with Crippen molar-refractivity contribution in [3.63, 3.8) is 0 Å². The van der Waals surface area contributed by atoms with E-state index < -0.39 is 0 Å². The largest absolute Gasteiger partial charge is 0.497 e. The fourth-order valence-electron chi connectivity index (χ4n) is 3.47. The van der Waals surface area contributed by atoms with Gasteiger partial charge in [0.05, 0.1) is 7.11 Å². The summed E-state index contributed by atoms with van der Waals surface area (Å²) in [5.41, 5.74) is 1.65. The van der Waals surface area contributed by atoms with E-state index in [0.717, 1.165) is 17.0 Å². The second-order valence-corrected chi connectivity index (χ2v) is 7.22. The van der Waals surface area contributed by atoms with E-state index in [1.54, 1.807) is 12.0 Å². The molecule has 0 radical (unpaired) electrons. The number of methoxy groups -OCH3 is 1. The van der Waals surface area contributed by atoms with Crippen molar-refractivity contribution in [2.24, 2.45) is 0 Å². The van der Waals surface area contributed by atoms with Crippen molar-refractivity contribution < 1.29 is 18.7 Å². The Kier molecular flexibility index (Phi) is 6.21. The van der Waals surface area contributed by atoms with Gasteiger partial charge >= 0.3 is 0 Å². The van der Waals surface area contributed by atoms with Crippen LogP contribution < -0.4 is 19.8 Å². The molecule has 2 aromatic carbocycles. The number of carbonyl (C=O) groups is 1. The average Bonchev–Trinajstić information content (AvgIpc) is 2.83. The molecule has 0 aliphatic carbocycles. The monoisotopic (exact) mass is 420 g/mol. The number of ether oxygens (including phenoxy) is 2. The summed E-state index contributed by atoms with van der Waals surface area (Å²) in [5.74, 6) is 0.629. The summed E-state index contributed by atoms with van der Waals surface area (Å²) in [6.45, 7) is 2.73. The summed E-state index contributed by atoms with van der Waals surface area (Å²) in [4.78, 5) is 29.1. The minimum absolute atomic E-state index is 0.0231. The van der Waals surface area contributed by atoms with Gasteiger partial charge in [0.2, 0.25) is 11.2 Å². The Morgan fingerprint density at radius 2 is 1.71 bits per heavy atom. The van der Waals surface area contributed by atoms with Crippen molar-refractivity contribution in [2.45, 2.75) is 6.61 Å². The molecular weight excluding hydrogens is 396 g/mol. The summed E-state index contributed by atoms with van der Waals surface area (Å²) in [6, 6.07) is 18.6. The molecule has 7 nitrogen and oxygen atoms in total. The highest BCUT2D eigenvalue weighted by Crippen LogP contribution is 2.21. The van der Waals surface area contributed by atoms with Gasteiger partial charge in [-0.3, -0.25) is 9.59 Å². The molecule has 160 valence electrons. The minimum Gasteiger partial charge on any atom is -0.497 e. The molecule has 1 aliphatic rings. The van der Waals surface area contributed by atoms with Gasteiger partial charge < -0.3 is 23.7 Å². The Morgan fingerprint density at radius 3 is 2.35 bits per heavy atom. The van der Waals surface area contributed by atoms with E-state index in [0.29, 0.717) is 26.2 Å². The molecule has 1 saturated heterocycles. The van der Waals surface area contributed by atoms with E-state index in [9.17, 15) is 9.59 Å². The summed E-state index contributed by atoms with van der Waals surface area (Å²) in [5, 5.41) is 0. The molecule has 0 N–H and O–H groups in total. The number of hydrogen-bond donors (Lipinski definition) is 0. The molecule has 4 rings (SSSR count). The van der Waals surface area contributed by atoms with Crippen molar-refractivity contribution in [1.82, 2.24) is 4.90 Å². The van der Waals surface area contributed by atoms with Gasteiger partial charge in [0.1, 0.15) is 18.6 Å². The number of piperazine rings is 1. The van der Waals surface area contributed by atoms with Crippen LogP contribution in [0, 0.1) is 0 Å². The first kappa shape index (κ1) is 20.5. The number of hydrogen-bond acceptors (Lipinski definition) is 6. The molecular formula is C24H24N2O5. The molecule has 1 aliphatic heterocycles. The standard InChI is InChI=1S/C24H24N2O5/c1-29-20-9-7-19(8-10-20)25-11-13-26(14-12-25)24(28)22-15-21(27)23(17-31-22)30-16-18-5-3-2-4-6-18/h2-10,15,17H,11-14,16H2,1H3. The first-order valence-corrected chi connectivity index (χ1v) is 10.1. The van der Waals surface area contributed by atoms with E-state index in [-0.39, 0.29) is 29.5 Å². The van der Waals surface area contributed by atoms with Crippen LogP contribution in [0.5, 0.6) is 11.5 Å². The van der Waals surface area contributed by atoms with E-state index in [1.807, 2.05) is 54.6 Å². The number of nitrogens with zero attached hydrogens (tertiary/aromatic N) is 2. The smallest absolute Gasteiger partial charge is 0.289 e. The highest BCUT2D eigenvalue weighted by Gasteiger charge is 2.24. The van der Waals surface area contributed by atoms with Crippen molar-refractivity contribution in [2.75, 3.05) is 38.2 Å². The molecule has 0 bridgehead atoms. The lowest BCUT2D eigenvalue weighted by Gasteiger charge is -2.35. The maximum atomic E-state index is 12.8. The van der Waals surface area contributed by atoms with E-state index in [4.69, 9.17) is 13.9 Å². The first-order valence-electron chi connectivity index (χ1n) is 10.1. The van der Waals surface area contributed by atoms with Crippen molar-refractivity contribution >= 4 is 11.6 Å². The number of amides is 1. The third kappa shape index (κ3) is 4.88. The Bertz CT molecular complexity index is 1070. The summed E-state index contributed by atoms with van der Waals surface area (Å²) in [7, 11) is 1.64. The third-order valence-corrected chi connectivity index (χ3v) is 5.25. The molecule has 1 aromatic heterocycles. The minimum atomic E-state index is -0.373. The van der Waals surface area contributed by atoms with Gasteiger partial charge in [-0.15, -0.1) is 0 Å². The first-order chi connectivity index (χ1) is 15.1. The van der Waals surface area contributed by atoms with Crippen LogP contribution in [0.4, 0.5) is 5.69 Å². The lowest BCUT2D eigenvalue weighted by molar-refractivity contribution is 0.0711. The zero-order chi connectivity index (χ0) is 21.6. The summed E-state index contributed by atoms with van der Waals surface area (Å²) < 4.78 is 16.2. The second kappa shape index (κ2) is 9.38. The van der Waals surface area contributed by atoms with Crippen molar-refractivity contribution in [1.29, 1.82) is 0 Å². The normalized spacial score (nSPS) is 13.7. The Morgan fingerprint density at radius 1 is 1.00 bits per heavy atom. The van der Waals surface area contributed by atoms with Gasteiger partial charge in [-0.2, -0.15) is 0 Å². The quantitative estimate of drug-likeness (QED) is 0.610. The molecule has 0 atom stereocenters. The zero-order valence-corrected chi connectivity index (χ0v) is 17.3. The molecule has 3 aromatic rings. The molecule has 1 fully saturated rings. The summed E-state index contributed by atoms with van der Waals surface area (Å²) in [6.07, 6.45) is 1.21. The predicted octanol–water partition coefficient (Wildman–Crippen LogP) is 3.19. The molecule has 0 saturated carbocycles. The average molecular weight is 420 g/mol. The summed E-state index contributed by atoms with van der Waals surface area (Å²) >= 11 is 0. The van der Waals surface area contributed by atoms with Gasteiger partial charge in [-0.25, -0.2) is 0 Å². The van der Waals surface area contributed by atoms with Gasteiger partial charge in [0.15, 0.2) is 5.76 Å². The van der Waals surface area contributed by atoms with Crippen LogP contribution in [0.15, 0.2) is 76.1 Å². The molecule has 31 heavy (non-hydrogen) atoms. The van der Waals surface area contributed by atoms with E-state index in [1.165, 1.54) is 12.3 Å². The lowest BCUT2D eigenvalue weighted by atomic mass is 10.2. The van der Waals surface area contributed by atoms with E-state index >= 15 is 0 Å². The molecule has 0 spiro atoms. The van der Waals surface area contributed by atoms with Crippen molar-refractivity contribution in [3.8, 4) is 11.5 Å². The Balaban J connectivity index is 1.35. The van der Waals surface area contributed by atoms with Crippen LogP contribution >= 0.6 is 0 Å². The molecule has 1 amide bonds. The SMILES string of the molecule is COc1ccc(N2CCN(C(=O)c3cc(=O)c(OCc4ccccc4)co3)CC2)cc1. The Hall–Kier alpha value is -3.74. The van der Waals surface area contributed by atoms with Crippen LogP contribution in [-0.2, 0) is 6.61 Å². The lowest BCUT2D eigenvalue weighted by Crippen LogP contribution is -2.48. The van der Waals surface area contributed by atoms with Crippen LogP contribution in [0.1, 0.15) is 16.1 Å². The molecule has 7 heteroatoms. The van der Waals surface area contributed by atoms with Crippen LogP contribution in [0.3, 0.4) is 0 Å². The maximum absolute atomic E-state index is 12.8. The topological polar surface area (TPSA) is 72.2 Å². The predicted molar refractivity (Wildman–Crippen MR) is 117 cm³/mol. The number of carbonyl (C=O) groups excluding carboxylic acids is 1. The highest BCUT2D eigenvalue weighted by atomic mass is 16.5. The van der Waals surface area contributed by atoms with Crippen LogP contribution in [0.2, 0.25) is 0 Å². The fraction of sp³-hybridized carbons (Fsp3) is 0.250. The van der Waals surface area contributed by atoms with E-state index in [2.05, 4.69) is 4.90 Å². The van der Waals surface area contributed by atoms with Crippen LogP contribution in [-0.4, -0.2) is 44.1 Å². The zero-order valence-electron chi connectivity index (χ0n) is 17.3.